The van der Waals surface area contributed by atoms with Crippen LogP contribution in [0.4, 0.5) is 0 Å². The predicted molar refractivity (Wildman–Crippen MR) is 48.3 cm³/mol. The summed E-state index contributed by atoms with van der Waals surface area (Å²) in [5, 5.41) is 0. The largest absolute Gasteiger partial charge is 0.380 e. The molecule has 1 saturated heterocycles. The monoisotopic (exact) mass is 194 g/mol. The molecule has 0 aromatic carbocycles. The maximum atomic E-state index is 10.3. The molecule has 1 rings (SSSR count). The van der Waals surface area contributed by atoms with E-state index in [0.29, 0.717) is 6.54 Å². The molecule has 4 nitrogen and oxygen atoms in total. The second-order valence-electron chi connectivity index (χ2n) is 2.83. The smallest absolute Gasteiger partial charge is 0.209 e. The molecule has 0 spiro atoms. The number of likely N-dealkylation sites (tertiary alicyclic amines) is 1. The average Bonchev–Trinajstić information content (AvgIpc) is 2.04. The summed E-state index contributed by atoms with van der Waals surface area (Å²) < 4.78 is 5.13. The summed E-state index contributed by atoms with van der Waals surface area (Å²) in [6.07, 6.45) is 1.80. The lowest BCUT2D eigenvalue weighted by molar-refractivity contribution is -0.120. The number of hydrogen-bond donors (Lipinski definition) is 1. The van der Waals surface area contributed by atoms with Crippen LogP contribution in [-0.2, 0) is 9.53 Å². The van der Waals surface area contributed by atoms with Crippen molar-refractivity contribution < 1.29 is 9.53 Å². The predicted octanol–water partition coefficient (Wildman–Crippen LogP) is -0.387. The highest BCUT2D eigenvalue weighted by Gasteiger charge is 2.24. The zero-order valence-electron chi connectivity index (χ0n) is 7.10. The zero-order valence-corrected chi connectivity index (χ0v) is 7.92. The number of hydrogen-bond acceptors (Lipinski definition) is 3. The summed E-state index contributed by atoms with van der Waals surface area (Å²) in [6.45, 7) is 1.37. The molecular formula is C7H15ClN2O2. The molecule has 1 aliphatic rings. The minimum atomic E-state index is -0.0288. The fourth-order valence-electron chi connectivity index (χ4n) is 1.38. The van der Waals surface area contributed by atoms with E-state index >= 15 is 0 Å². The van der Waals surface area contributed by atoms with Gasteiger partial charge >= 0.3 is 0 Å². The van der Waals surface area contributed by atoms with Crippen molar-refractivity contribution >= 4 is 18.8 Å². The van der Waals surface area contributed by atoms with Crippen LogP contribution in [0.1, 0.15) is 6.42 Å². The van der Waals surface area contributed by atoms with Crippen LogP contribution in [0.3, 0.4) is 0 Å². The number of halogens is 1. The number of amides is 1. The Morgan fingerprint density at radius 3 is 2.75 bits per heavy atom. The summed E-state index contributed by atoms with van der Waals surface area (Å²) in [5.41, 5.74) is 5.73. The van der Waals surface area contributed by atoms with Gasteiger partial charge in [0.15, 0.2) is 0 Å². The number of carbonyl (C=O) groups excluding carboxylic acids is 1. The van der Waals surface area contributed by atoms with E-state index < -0.39 is 0 Å². The summed E-state index contributed by atoms with van der Waals surface area (Å²) >= 11 is 0. The Hall–Kier alpha value is -0.320. The molecule has 0 radical (unpaired) electrons. The third-order valence-electron chi connectivity index (χ3n) is 2.08. The third kappa shape index (κ3) is 2.62. The van der Waals surface area contributed by atoms with Crippen molar-refractivity contribution in [2.75, 3.05) is 20.2 Å². The highest BCUT2D eigenvalue weighted by Crippen LogP contribution is 2.10. The van der Waals surface area contributed by atoms with E-state index in [1.54, 1.807) is 12.0 Å². The first-order chi connectivity index (χ1) is 5.27. The Kier molecular flexibility index (Phi) is 5.20. The first kappa shape index (κ1) is 11.7. The number of piperidine rings is 1. The maximum Gasteiger partial charge on any atom is 0.209 e. The van der Waals surface area contributed by atoms with Crippen molar-refractivity contribution in [3.63, 3.8) is 0 Å². The molecule has 1 fully saturated rings. The molecule has 2 N–H and O–H groups in total. The number of rotatable bonds is 2. The van der Waals surface area contributed by atoms with Gasteiger partial charge in [-0.15, -0.1) is 12.4 Å². The van der Waals surface area contributed by atoms with Gasteiger partial charge in [0.25, 0.3) is 0 Å². The summed E-state index contributed by atoms with van der Waals surface area (Å²) in [4.78, 5) is 12.0. The molecule has 1 heterocycles. The first-order valence-electron chi connectivity index (χ1n) is 3.75. The van der Waals surface area contributed by atoms with Crippen LogP contribution in [0.25, 0.3) is 0 Å². The van der Waals surface area contributed by atoms with E-state index in [9.17, 15) is 4.79 Å². The van der Waals surface area contributed by atoms with Gasteiger partial charge in [0.1, 0.15) is 0 Å². The fraction of sp³-hybridized carbons (Fsp3) is 0.857. The number of carbonyl (C=O) groups is 1. The topological polar surface area (TPSA) is 55.6 Å². The van der Waals surface area contributed by atoms with E-state index in [1.807, 2.05) is 0 Å². The van der Waals surface area contributed by atoms with E-state index in [4.69, 9.17) is 10.5 Å². The Morgan fingerprint density at radius 1 is 1.67 bits per heavy atom. The Morgan fingerprint density at radius 2 is 2.33 bits per heavy atom. The van der Waals surface area contributed by atoms with Crippen LogP contribution in [0.5, 0.6) is 0 Å². The second-order valence-corrected chi connectivity index (χ2v) is 2.83. The molecule has 1 amide bonds. The summed E-state index contributed by atoms with van der Waals surface area (Å²) in [7, 11) is 1.65. The van der Waals surface area contributed by atoms with Crippen molar-refractivity contribution in [3.8, 4) is 0 Å². The van der Waals surface area contributed by atoms with Crippen LogP contribution in [-0.4, -0.2) is 43.7 Å². The number of methoxy groups -OCH3 is 1. The minimum Gasteiger partial charge on any atom is -0.380 e. The molecule has 72 valence electrons. The van der Waals surface area contributed by atoms with Crippen LogP contribution < -0.4 is 5.73 Å². The second kappa shape index (κ2) is 5.35. The van der Waals surface area contributed by atoms with Crippen molar-refractivity contribution in [1.29, 1.82) is 0 Å². The number of nitrogens with two attached hydrogens (primary N) is 1. The van der Waals surface area contributed by atoms with Crippen LogP contribution >= 0.6 is 12.4 Å². The molecule has 0 bridgehead atoms. The molecule has 5 heteroatoms. The van der Waals surface area contributed by atoms with Gasteiger partial charge in [0.05, 0.1) is 6.10 Å². The Bertz CT molecular complexity index is 145. The van der Waals surface area contributed by atoms with Gasteiger partial charge in [-0.25, -0.2) is 0 Å². The van der Waals surface area contributed by atoms with Crippen LogP contribution in [0, 0.1) is 0 Å². The highest BCUT2D eigenvalue weighted by atomic mass is 35.5. The van der Waals surface area contributed by atoms with Gasteiger partial charge in [-0.1, -0.05) is 0 Å². The average molecular weight is 195 g/mol. The molecule has 0 unspecified atom stereocenters. The van der Waals surface area contributed by atoms with E-state index in [-0.39, 0.29) is 24.6 Å². The van der Waals surface area contributed by atoms with E-state index in [1.165, 1.54) is 0 Å². The van der Waals surface area contributed by atoms with Crippen molar-refractivity contribution in [1.82, 2.24) is 4.90 Å². The lowest BCUT2D eigenvalue weighted by Gasteiger charge is -2.33. The summed E-state index contributed by atoms with van der Waals surface area (Å²) in [5.74, 6) is 0. The normalized spacial score (nSPS) is 29.3. The minimum absolute atomic E-state index is 0. The zero-order chi connectivity index (χ0) is 8.27. The molecule has 0 aliphatic carbocycles. The van der Waals surface area contributed by atoms with Crippen molar-refractivity contribution in [3.05, 3.63) is 0 Å². The van der Waals surface area contributed by atoms with Crippen LogP contribution in [0.2, 0.25) is 0 Å². The quantitative estimate of drug-likeness (QED) is 0.610. The fourth-order valence-corrected chi connectivity index (χ4v) is 1.38. The van der Waals surface area contributed by atoms with Gasteiger partial charge in [0, 0.05) is 26.2 Å². The number of nitrogens with zero attached hydrogens (tertiary/aromatic N) is 1. The van der Waals surface area contributed by atoms with E-state index in [2.05, 4.69) is 0 Å². The van der Waals surface area contributed by atoms with Gasteiger partial charge in [0.2, 0.25) is 6.41 Å². The molecule has 0 saturated carbocycles. The van der Waals surface area contributed by atoms with Gasteiger partial charge in [-0.2, -0.15) is 0 Å². The van der Waals surface area contributed by atoms with Gasteiger partial charge in [-0.05, 0) is 6.42 Å². The maximum absolute atomic E-state index is 10.3. The Labute approximate surface area is 78.5 Å². The number of ether oxygens (including phenoxy) is 1. The lowest BCUT2D eigenvalue weighted by atomic mass is 10.0. The van der Waals surface area contributed by atoms with Crippen molar-refractivity contribution in [2.45, 2.75) is 18.6 Å². The summed E-state index contributed by atoms with van der Waals surface area (Å²) in [6, 6.07) is -0.0288. The standard InChI is InChI=1S/C7H14N2O2.ClH/c1-11-7-2-3-9(5-10)4-6(7)8;/h5-7H,2-4,8H2,1H3;1H/t6-,7+;/m0./s1. The third-order valence-corrected chi connectivity index (χ3v) is 2.08. The SMILES string of the molecule is CO[C@@H]1CCN(C=O)C[C@@H]1N.Cl. The van der Waals surface area contributed by atoms with Crippen LogP contribution in [0.15, 0.2) is 0 Å². The molecule has 0 aromatic rings. The molecular weight excluding hydrogens is 180 g/mol. The molecule has 12 heavy (non-hydrogen) atoms. The molecule has 2 atom stereocenters. The highest BCUT2D eigenvalue weighted by molar-refractivity contribution is 5.85. The molecule has 1 aliphatic heterocycles. The molecule has 0 aromatic heterocycles. The lowest BCUT2D eigenvalue weighted by Crippen LogP contribution is -2.51. The van der Waals surface area contributed by atoms with E-state index in [0.717, 1.165) is 19.4 Å². The first-order valence-corrected chi connectivity index (χ1v) is 3.75. The van der Waals surface area contributed by atoms with Crippen molar-refractivity contribution in [2.24, 2.45) is 5.73 Å². The van der Waals surface area contributed by atoms with Gasteiger partial charge in [-0.3, -0.25) is 4.79 Å². The Balaban J connectivity index is 0.00000121. The van der Waals surface area contributed by atoms with Gasteiger partial charge < -0.3 is 15.4 Å².